The molecule has 8 heteroatoms. The van der Waals surface area contributed by atoms with Gasteiger partial charge in [-0.25, -0.2) is 4.99 Å². The molecule has 0 saturated carbocycles. The second-order valence-electron chi connectivity index (χ2n) is 8.71. The number of rotatable bonds is 8. The van der Waals surface area contributed by atoms with Crippen molar-refractivity contribution in [3.8, 4) is 17.2 Å². The van der Waals surface area contributed by atoms with Gasteiger partial charge in [0.05, 0.1) is 29.8 Å². The fourth-order valence-electron chi connectivity index (χ4n) is 4.32. The van der Waals surface area contributed by atoms with Crippen LogP contribution in [0.15, 0.2) is 88.8 Å². The molecule has 0 aliphatic carbocycles. The van der Waals surface area contributed by atoms with E-state index in [1.807, 2.05) is 61.5 Å². The summed E-state index contributed by atoms with van der Waals surface area (Å²) in [5, 5.41) is 3.29. The number of hydrogen-bond donors (Lipinski definition) is 0. The second kappa shape index (κ2) is 11.8. The highest BCUT2D eigenvalue weighted by atomic mass is 35.5. The lowest BCUT2D eigenvalue weighted by atomic mass is 10.1. The normalized spacial score (nSPS) is 15.4. The Labute approximate surface area is 236 Å². The zero-order valence-corrected chi connectivity index (χ0v) is 23.4. The highest BCUT2D eigenvalue weighted by Gasteiger charge is 2.32. The van der Waals surface area contributed by atoms with E-state index in [-0.39, 0.29) is 5.91 Å². The number of fused-ring (bicyclic) bond motifs is 1. The highest BCUT2D eigenvalue weighted by Crippen LogP contribution is 2.40. The highest BCUT2D eigenvalue weighted by molar-refractivity contribution is 8.18. The third-order valence-electron chi connectivity index (χ3n) is 6.30. The lowest BCUT2D eigenvalue weighted by Crippen LogP contribution is -2.28. The fraction of sp³-hybridized carbons (Fsp3) is 0.161. The van der Waals surface area contributed by atoms with Gasteiger partial charge in [-0.05, 0) is 83.1 Å². The third-order valence-corrected chi connectivity index (χ3v) is 7.59. The average molecular weight is 559 g/mol. The minimum absolute atomic E-state index is 0.110. The van der Waals surface area contributed by atoms with Gasteiger partial charge in [0.25, 0.3) is 5.91 Å². The minimum atomic E-state index is -0.110. The van der Waals surface area contributed by atoms with Gasteiger partial charge in [0.15, 0.2) is 16.7 Å². The molecule has 1 aliphatic heterocycles. The average Bonchev–Trinajstić information content (AvgIpc) is 3.25. The van der Waals surface area contributed by atoms with Gasteiger partial charge >= 0.3 is 0 Å². The minimum Gasteiger partial charge on any atom is -0.497 e. The maximum atomic E-state index is 13.2. The van der Waals surface area contributed by atoms with Gasteiger partial charge in [-0.3, -0.25) is 9.69 Å². The van der Waals surface area contributed by atoms with E-state index in [4.69, 9.17) is 25.8 Å². The quantitative estimate of drug-likeness (QED) is 0.207. The number of methoxy groups -OCH3 is 2. The summed E-state index contributed by atoms with van der Waals surface area (Å²) >= 11 is 7.99. The number of carbonyl (C=O) groups excluding carboxylic acids is 1. The summed E-state index contributed by atoms with van der Waals surface area (Å²) in [7, 11) is 3.19. The smallest absolute Gasteiger partial charge is 0.266 e. The summed E-state index contributed by atoms with van der Waals surface area (Å²) in [5.74, 6) is 1.58. The molecule has 0 unspecified atom stereocenters. The second-order valence-corrected chi connectivity index (χ2v) is 10.1. The molecule has 1 fully saturated rings. The molecule has 4 aromatic carbocycles. The molecule has 0 spiro atoms. The van der Waals surface area contributed by atoms with Crippen LogP contribution >= 0.6 is 23.4 Å². The van der Waals surface area contributed by atoms with Crippen LogP contribution in [0.3, 0.4) is 0 Å². The summed E-state index contributed by atoms with van der Waals surface area (Å²) in [6.07, 6.45) is 1.80. The Morgan fingerprint density at radius 2 is 1.74 bits per heavy atom. The van der Waals surface area contributed by atoms with Crippen molar-refractivity contribution in [2.24, 2.45) is 4.99 Å². The zero-order valence-electron chi connectivity index (χ0n) is 21.8. The molecule has 6 nitrogen and oxygen atoms in total. The third kappa shape index (κ3) is 5.75. The Bertz CT molecular complexity index is 1580. The number of aliphatic imine (C=N–C) groups is 1. The van der Waals surface area contributed by atoms with Crippen LogP contribution in [0.4, 0.5) is 5.69 Å². The first-order chi connectivity index (χ1) is 19.0. The first-order valence-electron chi connectivity index (χ1n) is 12.4. The number of ether oxygens (including phenoxy) is 3. The number of nitrogens with zero attached hydrogens (tertiary/aromatic N) is 2. The van der Waals surface area contributed by atoms with E-state index in [2.05, 4.69) is 23.2 Å². The molecule has 1 aliphatic rings. The lowest BCUT2D eigenvalue weighted by Gasteiger charge is -2.14. The van der Waals surface area contributed by atoms with Crippen LogP contribution in [0.1, 0.15) is 18.1 Å². The monoisotopic (exact) mass is 558 g/mol. The number of amidine groups is 1. The van der Waals surface area contributed by atoms with Crippen molar-refractivity contribution >= 4 is 57.0 Å². The molecule has 0 atom stereocenters. The molecular weight excluding hydrogens is 532 g/mol. The van der Waals surface area contributed by atoms with Crippen molar-refractivity contribution < 1.29 is 19.0 Å². The zero-order chi connectivity index (χ0) is 27.4. The van der Waals surface area contributed by atoms with Gasteiger partial charge in [0.2, 0.25) is 0 Å². The van der Waals surface area contributed by atoms with Gasteiger partial charge in [-0.15, -0.1) is 0 Å². The van der Waals surface area contributed by atoms with E-state index in [1.54, 1.807) is 31.3 Å². The van der Waals surface area contributed by atoms with Crippen LogP contribution in [0.25, 0.3) is 16.8 Å². The summed E-state index contributed by atoms with van der Waals surface area (Å²) in [5.41, 5.74) is 2.52. The van der Waals surface area contributed by atoms with Crippen LogP contribution in [0.5, 0.6) is 17.2 Å². The number of halogens is 1. The SMILES string of the molecule is CCN1C(=O)/C(=C\c2cc(Cl)c(OCc3cccc4ccccc34)c(OC)c2)SC1=Nc1ccc(OC)cc1. The van der Waals surface area contributed by atoms with E-state index < -0.39 is 0 Å². The van der Waals surface area contributed by atoms with Gasteiger partial charge in [-0.2, -0.15) is 0 Å². The summed E-state index contributed by atoms with van der Waals surface area (Å²) in [4.78, 5) is 20.0. The standard InChI is InChI=1S/C31H27ClN2O4S/c1-4-34-30(35)28(39-31(34)33-23-12-14-24(36-2)15-13-23)18-20-16-26(32)29(27(17-20)37-3)38-19-22-10-7-9-21-8-5-6-11-25(21)22/h5-18H,4,19H2,1-3H3/b28-18+,33-31?. The number of amides is 1. The summed E-state index contributed by atoms with van der Waals surface area (Å²) < 4.78 is 17.0. The number of likely N-dealkylation sites (N-methyl/N-ethyl adjacent to an activating group) is 1. The van der Waals surface area contributed by atoms with Crippen molar-refractivity contribution in [2.45, 2.75) is 13.5 Å². The molecule has 4 aromatic rings. The largest absolute Gasteiger partial charge is 0.497 e. The van der Waals surface area contributed by atoms with Gasteiger partial charge in [0, 0.05) is 6.54 Å². The maximum Gasteiger partial charge on any atom is 0.266 e. The molecule has 1 amide bonds. The van der Waals surface area contributed by atoms with Gasteiger partial charge in [-0.1, -0.05) is 54.1 Å². The molecule has 0 aromatic heterocycles. The Morgan fingerprint density at radius 1 is 0.974 bits per heavy atom. The van der Waals surface area contributed by atoms with Crippen molar-refractivity contribution in [2.75, 3.05) is 20.8 Å². The maximum absolute atomic E-state index is 13.2. The Hall–Kier alpha value is -3.94. The number of carbonyl (C=O) groups is 1. The van der Waals surface area contributed by atoms with E-state index in [9.17, 15) is 4.79 Å². The Kier molecular flexibility index (Phi) is 8.10. The molecule has 0 bridgehead atoms. The molecule has 0 N–H and O–H groups in total. The number of benzene rings is 4. The predicted molar refractivity (Wildman–Crippen MR) is 159 cm³/mol. The van der Waals surface area contributed by atoms with Gasteiger partial charge in [0.1, 0.15) is 12.4 Å². The van der Waals surface area contributed by atoms with Crippen LogP contribution in [0, 0.1) is 0 Å². The number of thioether (sulfide) groups is 1. The Morgan fingerprint density at radius 3 is 2.49 bits per heavy atom. The molecule has 39 heavy (non-hydrogen) atoms. The van der Waals surface area contributed by atoms with E-state index >= 15 is 0 Å². The van der Waals surface area contributed by atoms with Crippen LogP contribution < -0.4 is 14.2 Å². The molecule has 198 valence electrons. The topological polar surface area (TPSA) is 60.4 Å². The van der Waals surface area contributed by atoms with E-state index in [1.165, 1.54) is 11.8 Å². The molecule has 1 saturated heterocycles. The van der Waals surface area contributed by atoms with Crippen LogP contribution in [-0.4, -0.2) is 36.7 Å². The Balaban J connectivity index is 1.39. The first-order valence-corrected chi connectivity index (χ1v) is 13.6. The number of hydrogen-bond acceptors (Lipinski definition) is 6. The molecule has 5 rings (SSSR count). The molecular formula is C31H27ClN2O4S. The summed E-state index contributed by atoms with van der Waals surface area (Å²) in [6, 6.07) is 25.3. The fourth-order valence-corrected chi connectivity index (χ4v) is 5.66. The van der Waals surface area contributed by atoms with Gasteiger partial charge < -0.3 is 14.2 Å². The lowest BCUT2D eigenvalue weighted by molar-refractivity contribution is -0.122. The first kappa shape index (κ1) is 26.7. The van der Waals surface area contributed by atoms with Crippen molar-refractivity contribution in [1.82, 2.24) is 4.90 Å². The van der Waals surface area contributed by atoms with E-state index in [0.717, 1.165) is 33.3 Å². The molecule has 1 heterocycles. The van der Waals surface area contributed by atoms with E-state index in [0.29, 0.717) is 39.7 Å². The predicted octanol–water partition coefficient (Wildman–Crippen LogP) is 7.71. The molecule has 0 radical (unpaired) electrons. The van der Waals surface area contributed by atoms with Crippen molar-refractivity contribution in [3.05, 3.63) is 99.9 Å². The van der Waals surface area contributed by atoms with Crippen LogP contribution in [-0.2, 0) is 11.4 Å². The summed E-state index contributed by atoms with van der Waals surface area (Å²) in [6.45, 7) is 2.76. The van der Waals surface area contributed by atoms with Crippen LogP contribution in [0.2, 0.25) is 5.02 Å². The van der Waals surface area contributed by atoms with Crippen molar-refractivity contribution in [1.29, 1.82) is 0 Å². The van der Waals surface area contributed by atoms with Crippen molar-refractivity contribution in [3.63, 3.8) is 0 Å².